The average molecular weight is 408 g/mol. The molecule has 2 heterocycles. The molecule has 0 amide bonds. The van der Waals surface area contributed by atoms with Gasteiger partial charge in [0.1, 0.15) is 19.6 Å². The Balaban J connectivity index is 1.62. The van der Waals surface area contributed by atoms with Crippen LogP contribution in [0, 0.1) is 0 Å². The fraction of sp³-hybridized carbons (Fsp3) is 0.375. The number of hydrogen-bond donors (Lipinski definition) is 1. The minimum atomic E-state index is 0.116. The first-order valence-corrected chi connectivity index (χ1v) is 10.3. The van der Waals surface area contributed by atoms with Gasteiger partial charge in [-0.15, -0.1) is 0 Å². The van der Waals surface area contributed by atoms with Crippen LogP contribution in [0.2, 0.25) is 0 Å². The number of aldehydes is 1. The Hall–Kier alpha value is -2.83. The molecule has 30 heavy (non-hydrogen) atoms. The van der Waals surface area contributed by atoms with Crippen LogP contribution >= 0.6 is 0 Å². The standard InChI is InChI=1S/C24H28N2O4/c1-28-23-13-17-9-10-26(16-30-12-11-27)22(20(17)14-24(23)29-2)8-7-18-15-25-21-6-4-3-5-19(18)21/h3-6,11,13-15,22,25H,7-10,12,16H2,1-2H3. The molecule has 1 atom stereocenters. The van der Waals surface area contributed by atoms with Crippen molar-refractivity contribution in [2.75, 3.05) is 34.1 Å². The molecule has 1 aliphatic heterocycles. The van der Waals surface area contributed by atoms with Gasteiger partial charge in [-0.3, -0.25) is 4.90 Å². The van der Waals surface area contributed by atoms with Crippen molar-refractivity contribution in [2.45, 2.75) is 25.3 Å². The van der Waals surface area contributed by atoms with Crippen LogP contribution in [0.5, 0.6) is 11.5 Å². The SMILES string of the molecule is COc1cc2c(cc1OC)C(CCc1c[nH]c3ccccc13)N(COCC=O)CC2. The van der Waals surface area contributed by atoms with Crippen LogP contribution < -0.4 is 9.47 Å². The Morgan fingerprint density at radius 3 is 2.77 bits per heavy atom. The molecule has 3 aromatic rings. The van der Waals surface area contributed by atoms with Gasteiger partial charge < -0.3 is 24.0 Å². The van der Waals surface area contributed by atoms with E-state index in [0.29, 0.717) is 6.73 Å². The molecule has 6 heteroatoms. The summed E-state index contributed by atoms with van der Waals surface area (Å²) in [5, 5.41) is 1.27. The molecule has 0 bridgehead atoms. The molecule has 1 unspecified atom stereocenters. The fourth-order valence-corrected chi connectivity index (χ4v) is 4.42. The van der Waals surface area contributed by atoms with Gasteiger partial charge in [-0.1, -0.05) is 18.2 Å². The van der Waals surface area contributed by atoms with Crippen molar-refractivity contribution in [3.8, 4) is 11.5 Å². The number of aryl methyl sites for hydroxylation is 1. The number of nitrogens with one attached hydrogen (secondary N) is 1. The molecule has 2 aromatic carbocycles. The lowest BCUT2D eigenvalue weighted by Gasteiger charge is -2.37. The fourth-order valence-electron chi connectivity index (χ4n) is 4.42. The van der Waals surface area contributed by atoms with E-state index >= 15 is 0 Å². The van der Waals surface area contributed by atoms with Gasteiger partial charge in [0.15, 0.2) is 11.5 Å². The number of fused-ring (bicyclic) bond motifs is 2. The number of hydrogen-bond acceptors (Lipinski definition) is 5. The quantitative estimate of drug-likeness (QED) is 0.430. The maximum Gasteiger partial charge on any atom is 0.161 e. The zero-order chi connectivity index (χ0) is 20.9. The molecule has 1 aliphatic rings. The highest BCUT2D eigenvalue weighted by molar-refractivity contribution is 5.83. The number of rotatable bonds is 9. The van der Waals surface area contributed by atoms with Gasteiger partial charge in [-0.2, -0.15) is 0 Å². The van der Waals surface area contributed by atoms with Gasteiger partial charge in [0.25, 0.3) is 0 Å². The van der Waals surface area contributed by atoms with E-state index in [1.54, 1.807) is 14.2 Å². The molecule has 0 saturated carbocycles. The number of para-hydroxylation sites is 1. The zero-order valence-corrected chi connectivity index (χ0v) is 17.5. The highest BCUT2D eigenvalue weighted by Crippen LogP contribution is 2.40. The Labute approximate surface area is 176 Å². The predicted molar refractivity (Wildman–Crippen MR) is 116 cm³/mol. The van der Waals surface area contributed by atoms with Crippen molar-refractivity contribution in [2.24, 2.45) is 0 Å². The normalized spacial score (nSPS) is 16.4. The molecule has 0 spiro atoms. The first-order valence-electron chi connectivity index (χ1n) is 10.3. The third-order valence-corrected chi connectivity index (χ3v) is 5.92. The van der Waals surface area contributed by atoms with Crippen molar-refractivity contribution < 1.29 is 19.0 Å². The summed E-state index contributed by atoms with van der Waals surface area (Å²) in [5.41, 5.74) is 5.00. The van der Waals surface area contributed by atoms with Crippen LogP contribution in [0.3, 0.4) is 0 Å². The van der Waals surface area contributed by atoms with Crippen molar-refractivity contribution in [1.29, 1.82) is 0 Å². The average Bonchev–Trinajstić information content (AvgIpc) is 3.20. The lowest BCUT2D eigenvalue weighted by atomic mass is 9.88. The van der Waals surface area contributed by atoms with Gasteiger partial charge in [0, 0.05) is 29.7 Å². The number of aromatic amines is 1. The lowest BCUT2D eigenvalue weighted by Crippen LogP contribution is -2.37. The van der Waals surface area contributed by atoms with Gasteiger partial charge >= 0.3 is 0 Å². The van der Waals surface area contributed by atoms with Crippen LogP contribution in [0.25, 0.3) is 10.9 Å². The first-order chi connectivity index (χ1) is 14.7. The largest absolute Gasteiger partial charge is 0.493 e. The van der Waals surface area contributed by atoms with E-state index in [4.69, 9.17) is 14.2 Å². The van der Waals surface area contributed by atoms with E-state index in [0.717, 1.165) is 49.1 Å². The Morgan fingerprint density at radius 1 is 1.17 bits per heavy atom. The van der Waals surface area contributed by atoms with E-state index < -0.39 is 0 Å². The van der Waals surface area contributed by atoms with Crippen molar-refractivity contribution in [3.05, 3.63) is 59.3 Å². The molecular formula is C24H28N2O4. The number of H-pyrrole nitrogens is 1. The van der Waals surface area contributed by atoms with Gasteiger partial charge in [-0.25, -0.2) is 0 Å². The smallest absolute Gasteiger partial charge is 0.161 e. The minimum Gasteiger partial charge on any atom is -0.493 e. The van der Waals surface area contributed by atoms with Gasteiger partial charge in [-0.05, 0) is 54.2 Å². The molecule has 0 fully saturated rings. The first kappa shape index (κ1) is 20.4. The van der Waals surface area contributed by atoms with E-state index in [1.165, 1.54) is 22.1 Å². The van der Waals surface area contributed by atoms with Gasteiger partial charge in [0.2, 0.25) is 0 Å². The number of carbonyl (C=O) groups is 1. The van der Waals surface area contributed by atoms with E-state index in [-0.39, 0.29) is 12.6 Å². The third-order valence-electron chi connectivity index (χ3n) is 5.92. The third kappa shape index (κ3) is 4.06. The summed E-state index contributed by atoms with van der Waals surface area (Å²) in [6, 6.07) is 12.8. The summed E-state index contributed by atoms with van der Waals surface area (Å²) >= 11 is 0. The number of aromatic nitrogens is 1. The van der Waals surface area contributed by atoms with Crippen LogP contribution in [0.15, 0.2) is 42.6 Å². The Bertz CT molecular complexity index is 1010. The maximum atomic E-state index is 10.7. The van der Waals surface area contributed by atoms with Crippen molar-refractivity contribution in [1.82, 2.24) is 9.88 Å². The summed E-state index contributed by atoms with van der Waals surface area (Å²) in [4.78, 5) is 16.4. The molecular weight excluding hydrogens is 380 g/mol. The van der Waals surface area contributed by atoms with E-state index in [1.807, 2.05) is 6.07 Å². The van der Waals surface area contributed by atoms with Crippen molar-refractivity contribution in [3.63, 3.8) is 0 Å². The molecule has 158 valence electrons. The maximum absolute atomic E-state index is 10.7. The summed E-state index contributed by atoms with van der Waals surface area (Å²) in [7, 11) is 3.33. The van der Waals surface area contributed by atoms with Crippen LogP contribution in [-0.4, -0.2) is 50.3 Å². The van der Waals surface area contributed by atoms with Crippen LogP contribution in [-0.2, 0) is 22.4 Å². The van der Waals surface area contributed by atoms with E-state index in [2.05, 4.69) is 46.4 Å². The molecule has 0 saturated heterocycles. The second-order valence-corrected chi connectivity index (χ2v) is 7.55. The second kappa shape index (κ2) is 9.32. The van der Waals surface area contributed by atoms with E-state index in [9.17, 15) is 4.79 Å². The number of benzene rings is 2. The number of nitrogens with zero attached hydrogens (tertiary/aromatic N) is 1. The summed E-state index contributed by atoms with van der Waals surface area (Å²) in [5.74, 6) is 1.50. The Morgan fingerprint density at radius 2 is 1.97 bits per heavy atom. The molecule has 4 rings (SSSR count). The zero-order valence-electron chi connectivity index (χ0n) is 17.5. The molecule has 1 aromatic heterocycles. The highest BCUT2D eigenvalue weighted by atomic mass is 16.5. The summed E-state index contributed by atoms with van der Waals surface area (Å²) < 4.78 is 16.6. The minimum absolute atomic E-state index is 0.116. The van der Waals surface area contributed by atoms with Crippen LogP contribution in [0.4, 0.5) is 0 Å². The molecule has 0 aliphatic carbocycles. The topological polar surface area (TPSA) is 63.8 Å². The molecule has 6 nitrogen and oxygen atoms in total. The Kier molecular flexibility index (Phi) is 6.35. The predicted octanol–water partition coefficient (Wildman–Crippen LogP) is 3.89. The monoisotopic (exact) mass is 408 g/mol. The number of carbonyl (C=O) groups excluding carboxylic acids is 1. The van der Waals surface area contributed by atoms with Crippen molar-refractivity contribution >= 4 is 17.2 Å². The summed E-state index contributed by atoms with van der Waals surface area (Å²) in [6.45, 7) is 1.43. The second-order valence-electron chi connectivity index (χ2n) is 7.55. The molecule has 0 radical (unpaired) electrons. The number of ether oxygens (including phenoxy) is 3. The molecule has 1 N–H and O–H groups in total. The highest BCUT2D eigenvalue weighted by Gasteiger charge is 2.29. The van der Waals surface area contributed by atoms with Crippen LogP contribution in [0.1, 0.15) is 29.2 Å². The lowest BCUT2D eigenvalue weighted by molar-refractivity contribution is -0.114. The van der Waals surface area contributed by atoms with Gasteiger partial charge in [0.05, 0.1) is 14.2 Å². The summed E-state index contributed by atoms with van der Waals surface area (Å²) in [6.07, 6.45) is 5.69. The number of methoxy groups -OCH3 is 2.